The van der Waals surface area contributed by atoms with E-state index in [1.165, 1.54) is 19.9 Å². The van der Waals surface area contributed by atoms with Gasteiger partial charge in [0.1, 0.15) is 0 Å². The summed E-state index contributed by atoms with van der Waals surface area (Å²) < 4.78 is 0. The van der Waals surface area contributed by atoms with E-state index in [1.807, 2.05) is 0 Å². The van der Waals surface area contributed by atoms with Crippen LogP contribution in [0.3, 0.4) is 0 Å². The van der Waals surface area contributed by atoms with E-state index in [1.54, 1.807) is 0 Å². The van der Waals surface area contributed by atoms with Gasteiger partial charge in [-0.1, -0.05) is 12.2 Å². The van der Waals surface area contributed by atoms with E-state index in [0.717, 1.165) is 11.8 Å². The highest BCUT2D eigenvalue weighted by Crippen LogP contribution is 2.72. The molecule has 0 aromatic carbocycles. The molecule has 0 spiro atoms. The minimum absolute atomic E-state index is 1.09. The summed E-state index contributed by atoms with van der Waals surface area (Å²) in [6.07, 6.45) is 4.79. The second-order valence-electron chi connectivity index (χ2n) is 2.76. The zero-order chi connectivity index (χ0) is 4.43. The van der Waals surface area contributed by atoms with Gasteiger partial charge >= 0.3 is 0 Å². The Morgan fingerprint density at radius 3 is 1.86 bits per heavy atom. The van der Waals surface area contributed by atoms with Crippen molar-refractivity contribution in [1.29, 1.82) is 0 Å². The van der Waals surface area contributed by atoms with E-state index in [0.29, 0.717) is 0 Å². The highest BCUT2D eigenvalue weighted by Gasteiger charge is 2.62. The normalized spacial score (nSPS) is 73.1. The molecule has 1 saturated carbocycles. The second-order valence-corrected chi connectivity index (χ2v) is 4.42. The maximum atomic E-state index is 2.39. The van der Waals surface area contributed by atoms with E-state index in [4.69, 9.17) is 0 Å². The van der Waals surface area contributed by atoms with Gasteiger partial charge in [-0.05, 0) is 23.2 Å². The van der Waals surface area contributed by atoms with Crippen LogP contribution in [0.1, 0.15) is 0 Å². The van der Waals surface area contributed by atoms with Gasteiger partial charge in [-0.3, -0.25) is 0 Å². The molecule has 4 unspecified atom stereocenters. The summed E-state index contributed by atoms with van der Waals surface area (Å²) in [6, 6.07) is 0. The third kappa shape index (κ3) is 0.200. The van der Waals surface area contributed by atoms with Crippen molar-refractivity contribution in [2.75, 3.05) is 0 Å². The Bertz CT molecular complexity index is 134. The van der Waals surface area contributed by atoms with Gasteiger partial charge in [-0.2, -0.15) is 0 Å². The largest absolute Gasteiger partial charge is 0.113 e. The summed E-state index contributed by atoms with van der Waals surface area (Å²) >= 11 is 0. The molecular formula is C6H7P. The van der Waals surface area contributed by atoms with E-state index in [-0.39, 0.29) is 0 Å². The fraction of sp³-hybridized carbons (Fsp3) is 0.667. The third-order valence-electron chi connectivity index (χ3n) is 2.49. The van der Waals surface area contributed by atoms with Gasteiger partial charge in [0.2, 0.25) is 0 Å². The Labute approximate surface area is 44.8 Å². The van der Waals surface area contributed by atoms with Crippen LogP contribution in [-0.4, -0.2) is 11.3 Å². The standard InChI is InChI=1S/C6H7P/c1-2-4-3(1)5-6(4)7-5/h1-7H. The summed E-state index contributed by atoms with van der Waals surface area (Å²) in [5.74, 6) is 2.17. The minimum Gasteiger partial charge on any atom is -0.113 e. The van der Waals surface area contributed by atoms with Crippen molar-refractivity contribution >= 4 is 8.58 Å². The average Bonchev–Trinajstić information content (AvgIpc) is 2.14. The third-order valence-corrected chi connectivity index (χ3v) is 4.36. The Hall–Kier alpha value is 0.170. The topological polar surface area (TPSA) is 0 Å². The minimum atomic E-state index is 1.09. The molecule has 0 bridgehead atoms. The van der Waals surface area contributed by atoms with E-state index >= 15 is 0 Å². The van der Waals surface area contributed by atoms with Crippen LogP contribution in [0.2, 0.25) is 0 Å². The van der Waals surface area contributed by atoms with E-state index in [2.05, 4.69) is 12.2 Å². The van der Waals surface area contributed by atoms with Crippen molar-refractivity contribution in [2.24, 2.45) is 11.8 Å². The van der Waals surface area contributed by atoms with Crippen LogP contribution >= 0.6 is 8.58 Å². The van der Waals surface area contributed by atoms with E-state index < -0.39 is 0 Å². The highest BCUT2D eigenvalue weighted by atomic mass is 31.1. The quantitative estimate of drug-likeness (QED) is 0.325. The first-order chi connectivity index (χ1) is 3.47. The van der Waals surface area contributed by atoms with Gasteiger partial charge in [0, 0.05) is 0 Å². The molecule has 2 aliphatic carbocycles. The van der Waals surface area contributed by atoms with Crippen LogP contribution in [0, 0.1) is 11.8 Å². The van der Waals surface area contributed by atoms with Crippen molar-refractivity contribution in [3.05, 3.63) is 12.2 Å². The van der Waals surface area contributed by atoms with Crippen molar-refractivity contribution in [2.45, 2.75) is 11.3 Å². The molecule has 7 heavy (non-hydrogen) atoms. The van der Waals surface area contributed by atoms with Crippen LogP contribution in [-0.2, 0) is 0 Å². The Balaban J connectivity index is 2.11. The predicted octanol–water partition coefficient (Wildman–Crippen LogP) is 1.23. The van der Waals surface area contributed by atoms with Crippen molar-refractivity contribution in [3.8, 4) is 0 Å². The average molecular weight is 110 g/mol. The monoisotopic (exact) mass is 110 g/mol. The Morgan fingerprint density at radius 1 is 1.00 bits per heavy atom. The van der Waals surface area contributed by atoms with Gasteiger partial charge in [-0.15, -0.1) is 8.58 Å². The van der Waals surface area contributed by atoms with Crippen molar-refractivity contribution < 1.29 is 0 Å². The molecule has 36 valence electrons. The molecule has 1 aliphatic heterocycles. The molecule has 4 atom stereocenters. The molecule has 0 nitrogen and oxygen atoms in total. The summed E-state index contributed by atoms with van der Waals surface area (Å²) in [4.78, 5) is 0. The van der Waals surface area contributed by atoms with Crippen LogP contribution in [0.4, 0.5) is 0 Å². The number of allylic oxidation sites excluding steroid dienone is 2. The molecule has 1 heteroatoms. The van der Waals surface area contributed by atoms with Crippen LogP contribution in [0.25, 0.3) is 0 Å². The van der Waals surface area contributed by atoms with Gasteiger partial charge in [0.15, 0.2) is 0 Å². The highest BCUT2D eigenvalue weighted by molar-refractivity contribution is 7.49. The molecule has 0 N–H and O–H groups in total. The molecular weight excluding hydrogens is 103 g/mol. The van der Waals surface area contributed by atoms with Gasteiger partial charge < -0.3 is 0 Å². The van der Waals surface area contributed by atoms with Crippen LogP contribution < -0.4 is 0 Å². The molecule has 0 aromatic heterocycles. The zero-order valence-corrected chi connectivity index (χ0v) is 4.96. The number of rotatable bonds is 0. The van der Waals surface area contributed by atoms with Gasteiger partial charge in [0.05, 0.1) is 0 Å². The maximum absolute atomic E-state index is 2.39. The van der Waals surface area contributed by atoms with Gasteiger partial charge in [-0.25, -0.2) is 0 Å². The molecule has 2 fully saturated rings. The lowest BCUT2D eigenvalue weighted by molar-refractivity contribution is 0.323. The fourth-order valence-electron chi connectivity index (χ4n) is 1.81. The molecule has 0 amide bonds. The fourth-order valence-corrected chi connectivity index (χ4v) is 3.70. The summed E-state index contributed by atoms with van der Waals surface area (Å²) in [7, 11) is 1.35. The second kappa shape index (κ2) is 0.717. The van der Waals surface area contributed by atoms with Crippen LogP contribution in [0.15, 0.2) is 12.2 Å². The molecule has 1 saturated heterocycles. The zero-order valence-electron chi connectivity index (χ0n) is 3.96. The number of fused-ring (bicyclic) bond motifs is 4. The summed E-state index contributed by atoms with van der Waals surface area (Å²) in [6.45, 7) is 0. The van der Waals surface area contributed by atoms with Gasteiger partial charge in [0.25, 0.3) is 0 Å². The molecule has 3 aliphatic rings. The van der Waals surface area contributed by atoms with E-state index in [9.17, 15) is 0 Å². The number of hydrogen-bond donors (Lipinski definition) is 0. The first kappa shape index (κ1) is 3.25. The SMILES string of the molecule is C1=CC2C1C1PC21. The Morgan fingerprint density at radius 2 is 1.57 bits per heavy atom. The first-order valence-electron chi connectivity index (χ1n) is 2.91. The van der Waals surface area contributed by atoms with Crippen molar-refractivity contribution in [1.82, 2.24) is 0 Å². The summed E-state index contributed by atoms with van der Waals surface area (Å²) in [5, 5.41) is 0. The van der Waals surface area contributed by atoms with Crippen LogP contribution in [0.5, 0.6) is 0 Å². The molecule has 0 aromatic rings. The smallest absolute Gasteiger partial charge is 0.00926 e. The summed E-state index contributed by atoms with van der Waals surface area (Å²) in [5.41, 5.74) is 2.41. The van der Waals surface area contributed by atoms with Crippen molar-refractivity contribution in [3.63, 3.8) is 0 Å². The lowest BCUT2D eigenvalue weighted by Gasteiger charge is -2.37. The predicted molar refractivity (Wildman–Crippen MR) is 32.0 cm³/mol. The maximum Gasteiger partial charge on any atom is -0.00926 e. The lowest BCUT2D eigenvalue weighted by Crippen LogP contribution is -2.39. The molecule has 1 heterocycles. The lowest BCUT2D eigenvalue weighted by atomic mass is 9.66. The number of hydrogen-bond acceptors (Lipinski definition) is 0. The molecule has 3 rings (SSSR count). The first-order valence-corrected chi connectivity index (χ1v) is 4.07. The Kier molecular flexibility index (Phi) is 0.332. The molecule has 0 radical (unpaired) electrons.